The molecule has 0 saturated heterocycles. The topological polar surface area (TPSA) is 57.8 Å². The van der Waals surface area contributed by atoms with Gasteiger partial charge in [0.05, 0.1) is 18.6 Å². The first-order chi connectivity index (χ1) is 8.74. The molecule has 0 unspecified atom stereocenters. The minimum atomic E-state index is -0.119. The van der Waals surface area contributed by atoms with Crippen LogP contribution in [0.4, 0.5) is 0 Å². The van der Waals surface area contributed by atoms with Gasteiger partial charge in [-0.15, -0.1) is 0 Å². The Hall–Kier alpha value is -2.36. The van der Waals surface area contributed by atoms with Crippen LogP contribution in [0.2, 0.25) is 0 Å². The lowest BCUT2D eigenvalue weighted by Gasteiger charge is -1.99. The van der Waals surface area contributed by atoms with E-state index in [0.29, 0.717) is 6.54 Å². The van der Waals surface area contributed by atoms with Crippen molar-refractivity contribution >= 4 is 12.0 Å². The molecule has 2 N–H and O–H groups in total. The number of aryl methyl sites for hydroxylation is 1. The average molecular weight is 241 g/mol. The highest BCUT2D eigenvalue weighted by Gasteiger charge is 1.97. The predicted molar refractivity (Wildman–Crippen MR) is 70.6 cm³/mol. The fourth-order valence-corrected chi connectivity index (χ4v) is 1.57. The van der Waals surface area contributed by atoms with Crippen LogP contribution in [-0.2, 0) is 11.3 Å². The van der Waals surface area contributed by atoms with Crippen LogP contribution in [-0.4, -0.2) is 15.9 Å². The first kappa shape index (κ1) is 12.1. The van der Waals surface area contributed by atoms with Crippen LogP contribution in [0.1, 0.15) is 16.8 Å². The number of H-pyrrole nitrogens is 1. The van der Waals surface area contributed by atoms with Crippen molar-refractivity contribution in [1.29, 1.82) is 0 Å². The van der Waals surface area contributed by atoms with E-state index in [9.17, 15) is 4.79 Å². The molecule has 1 heterocycles. The molecule has 1 aromatic carbocycles. The number of hydrogen-bond acceptors (Lipinski definition) is 2. The van der Waals surface area contributed by atoms with Crippen LogP contribution in [0.25, 0.3) is 6.08 Å². The molecule has 0 bridgehead atoms. The molecule has 0 aliphatic heterocycles. The summed E-state index contributed by atoms with van der Waals surface area (Å²) in [5.74, 6) is -0.119. The van der Waals surface area contributed by atoms with Gasteiger partial charge in [0.15, 0.2) is 0 Å². The summed E-state index contributed by atoms with van der Waals surface area (Å²) in [4.78, 5) is 18.4. The molecule has 0 fully saturated rings. The zero-order valence-electron chi connectivity index (χ0n) is 10.2. The highest BCUT2D eigenvalue weighted by molar-refractivity contribution is 5.91. The van der Waals surface area contributed by atoms with Gasteiger partial charge in [0.2, 0.25) is 5.91 Å². The molecular weight excluding hydrogens is 226 g/mol. The van der Waals surface area contributed by atoms with Gasteiger partial charge in [-0.3, -0.25) is 4.79 Å². The highest BCUT2D eigenvalue weighted by Crippen LogP contribution is 2.05. The molecule has 0 spiro atoms. The molecule has 0 aliphatic carbocycles. The second-order valence-corrected chi connectivity index (χ2v) is 4.04. The van der Waals surface area contributed by atoms with Crippen molar-refractivity contribution in [2.45, 2.75) is 13.5 Å². The standard InChI is InChI=1S/C14H15N3O/c1-11-3-2-4-12(7-11)5-6-14(18)16-9-13-8-15-10-17-13/h2-8,10H,9H2,1H3,(H,15,17)(H,16,18). The Labute approximate surface area is 106 Å². The molecule has 0 radical (unpaired) electrons. The molecule has 2 aromatic rings. The number of hydrogen-bond donors (Lipinski definition) is 2. The monoisotopic (exact) mass is 241 g/mol. The number of benzene rings is 1. The minimum Gasteiger partial charge on any atom is -0.347 e. The van der Waals surface area contributed by atoms with Crippen molar-refractivity contribution in [2.75, 3.05) is 0 Å². The van der Waals surface area contributed by atoms with Crippen molar-refractivity contribution in [1.82, 2.24) is 15.3 Å². The summed E-state index contributed by atoms with van der Waals surface area (Å²) in [6.45, 7) is 2.48. The van der Waals surface area contributed by atoms with E-state index in [4.69, 9.17) is 0 Å². The maximum Gasteiger partial charge on any atom is 0.244 e. The smallest absolute Gasteiger partial charge is 0.244 e. The van der Waals surface area contributed by atoms with Crippen molar-refractivity contribution < 1.29 is 4.79 Å². The third-order valence-electron chi connectivity index (χ3n) is 2.48. The van der Waals surface area contributed by atoms with Gasteiger partial charge in [-0.1, -0.05) is 29.8 Å². The predicted octanol–water partition coefficient (Wildman–Crippen LogP) is 2.05. The maximum atomic E-state index is 11.6. The maximum absolute atomic E-state index is 11.6. The second kappa shape index (κ2) is 5.82. The number of aromatic nitrogens is 2. The molecule has 92 valence electrons. The summed E-state index contributed by atoms with van der Waals surface area (Å²) < 4.78 is 0. The van der Waals surface area contributed by atoms with Gasteiger partial charge in [-0.05, 0) is 18.6 Å². The molecule has 4 nitrogen and oxygen atoms in total. The van der Waals surface area contributed by atoms with Gasteiger partial charge in [0.1, 0.15) is 0 Å². The van der Waals surface area contributed by atoms with Gasteiger partial charge in [0.25, 0.3) is 0 Å². The van der Waals surface area contributed by atoms with E-state index in [1.165, 1.54) is 11.6 Å². The molecule has 0 atom stereocenters. The lowest BCUT2D eigenvalue weighted by molar-refractivity contribution is -0.116. The van der Waals surface area contributed by atoms with Gasteiger partial charge < -0.3 is 10.3 Å². The molecular formula is C14H15N3O. The van der Waals surface area contributed by atoms with Crippen LogP contribution in [0.15, 0.2) is 42.9 Å². The van der Waals surface area contributed by atoms with Crippen molar-refractivity contribution in [2.24, 2.45) is 0 Å². The lowest BCUT2D eigenvalue weighted by Crippen LogP contribution is -2.20. The van der Waals surface area contributed by atoms with E-state index < -0.39 is 0 Å². The van der Waals surface area contributed by atoms with Gasteiger partial charge in [-0.25, -0.2) is 4.98 Å². The van der Waals surface area contributed by atoms with Crippen LogP contribution >= 0.6 is 0 Å². The number of carbonyl (C=O) groups is 1. The Balaban J connectivity index is 1.87. The Kier molecular flexibility index (Phi) is 3.91. The summed E-state index contributed by atoms with van der Waals surface area (Å²) in [6.07, 6.45) is 6.61. The number of rotatable bonds is 4. The van der Waals surface area contributed by atoms with Crippen LogP contribution in [0, 0.1) is 6.92 Å². The molecule has 0 saturated carbocycles. The summed E-state index contributed by atoms with van der Waals surface area (Å²) in [5.41, 5.74) is 3.08. The summed E-state index contributed by atoms with van der Waals surface area (Å²) >= 11 is 0. The van der Waals surface area contributed by atoms with E-state index >= 15 is 0 Å². The number of amides is 1. The zero-order valence-corrected chi connectivity index (χ0v) is 10.2. The quantitative estimate of drug-likeness (QED) is 0.805. The zero-order chi connectivity index (χ0) is 12.8. The van der Waals surface area contributed by atoms with E-state index in [1.54, 1.807) is 18.6 Å². The van der Waals surface area contributed by atoms with Gasteiger partial charge >= 0.3 is 0 Å². The summed E-state index contributed by atoms with van der Waals surface area (Å²) in [6, 6.07) is 7.98. The molecule has 1 amide bonds. The van der Waals surface area contributed by atoms with Gasteiger partial charge in [0, 0.05) is 12.3 Å². The summed E-state index contributed by atoms with van der Waals surface area (Å²) in [5, 5.41) is 2.77. The molecule has 2 rings (SSSR count). The third kappa shape index (κ3) is 3.59. The Morgan fingerprint density at radius 2 is 2.39 bits per heavy atom. The number of carbonyl (C=O) groups excluding carboxylic acids is 1. The largest absolute Gasteiger partial charge is 0.347 e. The summed E-state index contributed by atoms with van der Waals surface area (Å²) in [7, 11) is 0. The fraction of sp³-hybridized carbons (Fsp3) is 0.143. The fourth-order valence-electron chi connectivity index (χ4n) is 1.57. The SMILES string of the molecule is Cc1cccc(C=CC(=O)NCc2cnc[nH]2)c1. The van der Waals surface area contributed by atoms with Crippen LogP contribution in [0.3, 0.4) is 0 Å². The molecule has 1 aromatic heterocycles. The Morgan fingerprint density at radius 1 is 1.50 bits per heavy atom. The van der Waals surface area contributed by atoms with E-state index in [-0.39, 0.29) is 5.91 Å². The number of nitrogens with zero attached hydrogens (tertiary/aromatic N) is 1. The highest BCUT2D eigenvalue weighted by atomic mass is 16.1. The normalized spacial score (nSPS) is 10.7. The van der Waals surface area contributed by atoms with E-state index in [2.05, 4.69) is 15.3 Å². The number of imidazole rings is 1. The Morgan fingerprint density at radius 3 is 3.11 bits per heavy atom. The van der Waals surface area contributed by atoms with Crippen LogP contribution < -0.4 is 5.32 Å². The van der Waals surface area contributed by atoms with Crippen molar-refractivity contribution in [3.05, 3.63) is 59.7 Å². The second-order valence-electron chi connectivity index (χ2n) is 4.04. The third-order valence-corrected chi connectivity index (χ3v) is 2.48. The van der Waals surface area contributed by atoms with Crippen molar-refractivity contribution in [3.8, 4) is 0 Å². The number of aromatic amines is 1. The lowest BCUT2D eigenvalue weighted by atomic mass is 10.1. The van der Waals surface area contributed by atoms with Gasteiger partial charge in [-0.2, -0.15) is 0 Å². The first-order valence-electron chi connectivity index (χ1n) is 5.74. The van der Waals surface area contributed by atoms with Crippen molar-refractivity contribution in [3.63, 3.8) is 0 Å². The molecule has 18 heavy (non-hydrogen) atoms. The first-order valence-corrected chi connectivity index (χ1v) is 5.74. The minimum absolute atomic E-state index is 0.119. The Bertz CT molecular complexity index is 544. The average Bonchev–Trinajstić information content (AvgIpc) is 2.87. The van der Waals surface area contributed by atoms with Crippen LogP contribution in [0.5, 0.6) is 0 Å². The number of nitrogens with one attached hydrogen (secondary N) is 2. The van der Waals surface area contributed by atoms with E-state index in [1.807, 2.05) is 31.2 Å². The van der Waals surface area contributed by atoms with E-state index in [0.717, 1.165) is 11.3 Å². The molecule has 0 aliphatic rings. The molecule has 4 heteroatoms.